The lowest BCUT2D eigenvalue weighted by Crippen LogP contribution is -2.45. The fourth-order valence-corrected chi connectivity index (χ4v) is 3.63. The summed E-state index contributed by atoms with van der Waals surface area (Å²) in [5, 5.41) is 7.71. The summed E-state index contributed by atoms with van der Waals surface area (Å²) in [7, 11) is 0. The molecule has 4 nitrogen and oxygen atoms in total. The zero-order valence-electron chi connectivity index (χ0n) is 15.6. The van der Waals surface area contributed by atoms with E-state index in [4.69, 9.17) is 16.6 Å². The average molecular weight is 385 g/mol. The number of benzene rings is 2. The van der Waals surface area contributed by atoms with Gasteiger partial charge in [0.25, 0.3) is 0 Å². The first-order valence-corrected chi connectivity index (χ1v) is 9.38. The third kappa shape index (κ3) is 3.33. The van der Waals surface area contributed by atoms with Crippen LogP contribution in [0.2, 0.25) is 5.02 Å². The molecule has 1 aromatic heterocycles. The number of imidazole rings is 1. The molecule has 0 fully saturated rings. The standard InChI is InChI=1S/C21H22ClFN4/c1-13-4-9-16(12-17(13)22)25-19-18(14-5-7-15(23)8-6-14)26-20-21(2,3)24-10-11-27(19)20/h4-9,12,24-25H,10-11H2,1-3H3. The molecular formula is C21H22ClFN4. The van der Waals surface area contributed by atoms with Crippen molar-refractivity contribution in [2.75, 3.05) is 11.9 Å². The van der Waals surface area contributed by atoms with Gasteiger partial charge in [-0.3, -0.25) is 0 Å². The highest BCUT2D eigenvalue weighted by molar-refractivity contribution is 6.31. The first-order chi connectivity index (χ1) is 12.8. The van der Waals surface area contributed by atoms with Crippen LogP contribution in [0.5, 0.6) is 0 Å². The van der Waals surface area contributed by atoms with Gasteiger partial charge in [-0.2, -0.15) is 0 Å². The van der Waals surface area contributed by atoms with Crippen LogP contribution in [0.15, 0.2) is 42.5 Å². The highest BCUT2D eigenvalue weighted by atomic mass is 35.5. The summed E-state index contributed by atoms with van der Waals surface area (Å²) in [5.41, 5.74) is 3.35. The molecule has 0 amide bonds. The second kappa shape index (κ2) is 6.66. The van der Waals surface area contributed by atoms with Crippen LogP contribution in [0.1, 0.15) is 25.2 Å². The number of fused-ring (bicyclic) bond motifs is 1. The fourth-order valence-electron chi connectivity index (χ4n) is 3.45. The van der Waals surface area contributed by atoms with E-state index >= 15 is 0 Å². The smallest absolute Gasteiger partial charge is 0.138 e. The molecule has 0 aliphatic carbocycles. The molecule has 1 aliphatic rings. The van der Waals surface area contributed by atoms with Gasteiger partial charge in [-0.15, -0.1) is 0 Å². The molecule has 0 saturated heterocycles. The lowest BCUT2D eigenvalue weighted by atomic mass is 10.0. The Morgan fingerprint density at radius 2 is 1.93 bits per heavy atom. The molecule has 6 heteroatoms. The number of hydrogen-bond donors (Lipinski definition) is 2. The van der Waals surface area contributed by atoms with E-state index in [0.717, 1.165) is 47.2 Å². The first-order valence-electron chi connectivity index (χ1n) is 9.00. The Kier molecular flexibility index (Phi) is 4.44. The highest BCUT2D eigenvalue weighted by Crippen LogP contribution is 2.36. The molecule has 0 unspecified atom stereocenters. The Hall–Kier alpha value is -2.37. The number of rotatable bonds is 3. The molecule has 0 bridgehead atoms. The maximum absolute atomic E-state index is 13.4. The zero-order valence-corrected chi connectivity index (χ0v) is 16.4. The van der Waals surface area contributed by atoms with E-state index in [-0.39, 0.29) is 11.4 Å². The van der Waals surface area contributed by atoms with Gasteiger partial charge in [-0.05, 0) is 62.7 Å². The minimum atomic E-state index is -0.260. The second-order valence-electron chi connectivity index (χ2n) is 7.43. The summed E-state index contributed by atoms with van der Waals surface area (Å²) >= 11 is 6.30. The molecule has 0 atom stereocenters. The summed E-state index contributed by atoms with van der Waals surface area (Å²) in [5.74, 6) is 1.59. The topological polar surface area (TPSA) is 41.9 Å². The molecule has 4 rings (SSSR count). The molecule has 2 N–H and O–H groups in total. The van der Waals surface area contributed by atoms with Crippen molar-refractivity contribution in [1.82, 2.24) is 14.9 Å². The van der Waals surface area contributed by atoms with Crippen molar-refractivity contribution in [3.63, 3.8) is 0 Å². The predicted octanol–water partition coefficient (Wildman–Crippen LogP) is 5.23. The minimum absolute atomic E-state index is 0.252. The van der Waals surface area contributed by atoms with Gasteiger partial charge in [-0.1, -0.05) is 17.7 Å². The van der Waals surface area contributed by atoms with Gasteiger partial charge in [0.1, 0.15) is 23.2 Å². The number of aryl methyl sites for hydroxylation is 1. The number of nitrogens with zero attached hydrogens (tertiary/aromatic N) is 2. The number of nitrogens with one attached hydrogen (secondary N) is 2. The second-order valence-corrected chi connectivity index (χ2v) is 7.84. The van der Waals surface area contributed by atoms with Crippen molar-refractivity contribution in [2.24, 2.45) is 0 Å². The average Bonchev–Trinajstić information content (AvgIpc) is 2.99. The van der Waals surface area contributed by atoms with Crippen LogP contribution in [0.25, 0.3) is 11.3 Å². The van der Waals surface area contributed by atoms with Gasteiger partial charge < -0.3 is 15.2 Å². The first kappa shape index (κ1) is 18.0. The lowest BCUT2D eigenvalue weighted by molar-refractivity contribution is 0.317. The summed E-state index contributed by atoms with van der Waals surface area (Å²) in [6.07, 6.45) is 0. The molecule has 1 aliphatic heterocycles. The molecule has 0 spiro atoms. The summed E-state index contributed by atoms with van der Waals surface area (Å²) in [6, 6.07) is 12.3. The third-order valence-corrected chi connectivity index (χ3v) is 5.39. The Morgan fingerprint density at radius 3 is 2.63 bits per heavy atom. The van der Waals surface area contributed by atoms with Gasteiger partial charge in [0.05, 0.1) is 5.54 Å². The van der Waals surface area contributed by atoms with Crippen molar-refractivity contribution < 1.29 is 4.39 Å². The number of hydrogen-bond acceptors (Lipinski definition) is 3. The third-order valence-electron chi connectivity index (χ3n) is 4.98. The summed E-state index contributed by atoms with van der Waals surface area (Å²) in [6.45, 7) is 7.86. The Bertz CT molecular complexity index is 992. The molecular weight excluding hydrogens is 363 g/mol. The van der Waals surface area contributed by atoms with Crippen LogP contribution < -0.4 is 10.6 Å². The summed E-state index contributed by atoms with van der Waals surface area (Å²) in [4.78, 5) is 4.92. The maximum Gasteiger partial charge on any atom is 0.138 e. The van der Waals surface area contributed by atoms with Gasteiger partial charge >= 0.3 is 0 Å². The van der Waals surface area contributed by atoms with E-state index in [0.29, 0.717) is 5.02 Å². The molecule has 2 heterocycles. The van der Waals surface area contributed by atoms with E-state index in [9.17, 15) is 4.39 Å². The molecule has 27 heavy (non-hydrogen) atoms. The number of aromatic nitrogens is 2. The maximum atomic E-state index is 13.4. The van der Waals surface area contributed by atoms with Gasteiger partial charge in [0, 0.05) is 29.4 Å². The van der Waals surface area contributed by atoms with Gasteiger partial charge in [0.15, 0.2) is 0 Å². The van der Waals surface area contributed by atoms with E-state index < -0.39 is 0 Å². The number of anilines is 2. The van der Waals surface area contributed by atoms with Crippen LogP contribution in [0, 0.1) is 12.7 Å². The van der Waals surface area contributed by atoms with Crippen LogP contribution in [-0.4, -0.2) is 16.1 Å². The van der Waals surface area contributed by atoms with Crippen molar-refractivity contribution >= 4 is 23.1 Å². The molecule has 2 aromatic carbocycles. The minimum Gasteiger partial charge on any atom is -0.340 e. The van der Waals surface area contributed by atoms with Crippen LogP contribution in [-0.2, 0) is 12.1 Å². The molecule has 140 valence electrons. The van der Waals surface area contributed by atoms with E-state index in [1.807, 2.05) is 25.1 Å². The van der Waals surface area contributed by atoms with E-state index in [1.165, 1.54) is 12.1 Å². The van der Waals surface area contributed by atoms with Crippen LogP contribution in [0.4, 0.5) is 15.9 Å². The normalized spacial score (nSPS) is 15.4. The predicted molar refractivity (Wildman–Crippen MR) is 108 cm³/mol. The van der Waals surface area contributed by atoms with Crippen molar-refractivity contribution in [3.05, 3.63) is 64.7 Å². The Balaban J connectivity index is 1.86. The van der Waals surface area contributed by atoms with Gasteiger partial charge in [0.2, 0.25) is 0 Å². The fraction of sp³-hybridized carbons (Fsp3) is 0.286. The van der Waals surface area contributed by atoms with Gasteiger partial charge in [-0.25, -0.2) is 9.37 Å². The monoisotopic (exact) mass is 384 g/mol. The van der Waals surface area contributed by atoms with Crippen molar-refractivity contribution in [3.8, 4) is 11.3 Å². The quantitative estimate of drug-likeness (QED) is 0.649. The highest BCUT2D eigenvalue weighted by Gasteiger charge is 2.33. The van der Waals surface area contributed by atoms with Crippen LogP contribution >= 0.6 is 11.6 Å². The van der Waals surface area contributed by atoms with E-state index in [1.54, 1.807) is 12.1 Å². The summed E-state index contributed by atoms with van der Waals surface area (Å²) < 4.78 is 15.6. The Labute approximate surface area is 163 Å². The van der Waals surface area contributed by atoms with E-state index in [2.05, 4.69) is 29.0 Å². The Morgan fingerprint density at radius 1 is 1.19 bits per heavy atom. The zero-order chi connectivity index (χ0) is 19.2. The SMILES string of the molecule is Cc1ccc(Nc2c(-c3ccc(F)cc3)nc3n2CCNC3(C)C)cc1Cl. The van der Waals surface area contributed by atoms with Crippen molar-refractivity contribution in [2.45, 2.75) is 32.9 Å². The number of halogens is 2. The molecule has 0 saturated carbocycles. The largest absolute Gasteiger partial charge is 0.340 e. The molecule has 3 aromatic rings. The van der Waals surface area contributed by atoms with Crippen LogP contribution in [0.3, 0.4) is 0 Å². The lowest BCUT2D eigenvalue weighted by Gasteiger charge is -2.32. The van der Waals surface area contributed by atoms with Crippen molar-refractivity contribution in [1.29, 1.82) is 0 Å². The molecule has 0 radical (unpaired) electrons.